The highest BCUT2D eigenvalue weighted by molar-refractivity contribution is 7.94. The zero-order valence-electron chi connectivity index (χ0n) is 16.5. The van der Waals surface area contributed by atoms with E-state index in [-0.39, 0.29) is 0 Å². The molecule has 0 fully saturated rings. The van der Waals surface area contributed by atoms with Crippen molar-refractivity contribution >= 4 is 23.6 Å². The summed E-state index contributed by atoms with van der Waals surface area (Å²) in [5.74, 6) is 0.899. The van der Waals surface area contributed by atoms with E-state index in [1.165, 1.54) is 12.0 Å². The number of pyridine rings is 1. The van der Waals surface area contributed by atoms with E-state index in [0.29, 0.717) is 24.4 Å². The molecule has 0 atom stereocenters. The zero-order valence-corrected chi connectivity index (χ0v) is 17.3. The van der Waals surface area contributed by atoms with Crippen molar-refractivity contribution in [2.45, 2.75) is 26.3 Å². The van der Waals surface area contributed by atoms with Gasteiger partial charge in [-0.1, -0.05) is 44.2 Å². The minimum Gasteiger partial charge on any atom is -0.389 e. The second-order valence-electron chi connectivity index (χ2n) is 6.84. The van der Waals surface area contributed by atoms with Gasteiger partial charge in [-0.3, -0.25) is 4.98 Å². The van der Waals surface area contributed by atoms with Crippen molar-refractivity contribution in [1.29, 1.82) is 0 Å². The lowest BCUT2D eigenvalue weighted by Gasteiger charge is -2.10. The number of nitrogens with zero attached hydrogens (tertiary/aromatic N) is 5. The molecule has 0 aliphatic rings. The molecule has 29 heavy (non-hydrogen) atoms. The molecule has 0 aliphatic heterocycles. The first-order chi connectivity index (χ1) is 14.2. The maximum absolute atomic E-state index is 5.48. The molecule has 1 aromatic carbocycles. The van der Waals surface area contributed by atoms with E-state index in [1.54, 1.807) is 10.7 Å². The van der Waals surface area contributed by atoms with Crippen molar-refractivity contribution in [1.82, 2.24) is 24.6 Å². The van der Waals surface area contributed by atoms with Gasteiger partial charge in [-0.15, -0.1) is 0 Å². The number of anilines is 1. The smallest absolute Gasteiger partial charge is 0.334 e. The van der Waals surface area contributed by atoms with Gasteiger partial charge in [-0.05, 0) is 23.6 Å². The van der Waals surface area contributed by atoms with Crippen LogP contribution in [0.25, 0.3) is 16.9 Å². The van der Waals surface area contributed by atoms with E-state index < -0.39 is 0 Å². The summed E-state index contributed by atoms with van der Waals surface area (Å²) in [6.07, 6.45) is 5.48. The van der Waals surface area contributed by atoms with Crippen LogP contribution < -0.4 is 9.50 Å². The van der Waals surface area contributed by atoms with Gasteiger partial charge in [-0.2, -0.15) is 19.6 Å². The Morgan fingerprint density at radius 1 is 1.10 bits per heavy atom. The highest BCUT2D eigenvalue weighted by Gasteiger charge is 2.16. The second kappa shape index (κ2) is 8.48. The molecular formula is C21H22N6OS. The molecule has 0 saturated heterocycles. The molecule has 7 nitrogen and oxygen atoms in total. The molecule has 0 aliphatic carbocycles. The van der Waals surface area contributed by atoms with Crippen LogP contribution in [0.4, 0.5) is 5.95 Å². The predicted molar refractivity (Wildman–Crippen MR) is 116 cm³/mol. The third-order valence-corrected chi connectivity index (χ3v) is 4.84. The van der Waals surface area contributed by atoms with E-state index in [1.807, 2.05) is 30.7 Å². The fraction of sp³-hybridized carbons (Fsp3) is 0.238. The standard InChI is InChI=1S/C21H22N6OS/c1-14(2)17-13-24-27-19(17)25-21(28-29-3)26-20(27)23-12-15-7-9-16(10-8-15)18-6-4-5-11-22-18/h4-11,13-14H,12H2,1-3H3,(H,23,25,26). The average Bonchev–Trinajstić information content (AvgIpc) is 3.18. The Labute approximate surface area is 173 Å². The predicted octanol–water partition coefficient (Wildman–Crippen LogP) is 4.58. The molecule has 0 amide bonds. The number of rotatable bonds is 7. The molecule has 1 N–H and O–H groups in total. The van der Waals surface area contributed by atoms with Gasteiger partial charge in [0.15, 0.2) is 5.65 Å². The quantitative estimate of drug-likeness (QED) is 0.450. The molecule has 8 heteroatoms. The van der Waals surface area contributed by atoms with Crippen molar-refractivity contribution in [2.75, 3.05) is 11.6 Å². The first-order valence-electron chi connectivity index (χ1n) is 9.36. The second-order valence-corrected chi connectivity index (χ2v) is 7.34. The first-order valence-corrected chi connectivity index (χ1v) is 10.5. The Morgan fingerprint density at radius 3 is 2.62 bits per heavy atom. The summed E-state index contributed by atoms with van der Waals surface area (Å²) in [7, 11) is 0. The Balaban J connectivity index is 1.57. The van der Waals surface area contributed by atoms with Crippen molar-refractivity contribution in [3.63, 3.8) is 0 Å². The number of fused-ring (bicyclic) bond motifs is 1. The Bertz CT molecular complexity index is 1100. The summed E-state index contributed by atoms with van der Waals surface area (Å²) in [5, 5.41) is 7.82. The highest BCUT2D eigenvalue weighted by atomic mass is 32.2. The molecule has 4 rings (SSSR count). The lowest BCUT2D eigenvalue weighted by Crippen LogP contribution is -2.09. The summed E-state index contributed by atoms with van der Waals surface area (Å²) >= 11 is 1.21. The summed E-state index contributed by atoms with van der Waals surface area (Å²) in [6, 6.07) is 14.5. The van der Waals surface area contributed by atoms with Crippen molar-refractivity contribution in [3.05, 3.63) is 66.0 Å². The first kappa shape index (κ1) is 19.2. The van der Waals surface area contributed by atoms with Crippen LogP contribution in [0.15, 0.2) is 54.9 Å². The van der Waals surface area contributed by atoms with E-state index in [0.717, 1.165) is 28.0 Å². The van der Waals surface area contributed by atoms with Crippen LogP contribution in [-0.4, -0.2) is 30.8 Å². The van der Waals surface area contributed by atoms with Crippen LogP contribution in [0, 0.1) is 0 Å². The summed E-state index contributed by atoms with van der Waals surface area (Å²) in [6.45, 7) is 4.83. The van der Waals surface area contributed by atoms with E-state index in [2.05, 4.69) is 63.5 Å². The lowest BCUT2D eigenvalue weighted by atomic mass is 10.1. The third kappa shape index (κ3) is 4.17. The fourth-order valence-electron chi connectivity index (χ4n) is 3.02. The molecule has 0 unspecified atom stereocenters. The fourth-order valence-corrected chi connectivity index (χ4v) is 3.24. The summed E-state index contributed by atoms with van der Waals surface area (Å²) < 4.78 is 7.21. The number of benzene rings is 1. The number of hydrogen-bond donors (Lipinski definition) is 1. The number of aromatic nitrogens is 5. The SMILES string of the molecule is CSOc1nc(NCc2ccc(-c3ccccn3)cc2)n2ncc(C(C)C)c2n1. The van der Waals surface area contributed by atoms with Gasteiger partial charge in [0.25, 0.3) is 0 Å². The van der Waals surface area contributed by atoms with Gasteiger partial charge < -0.3 is 9.50 Å². The van der Waals surface area contributed by atoms with E-state index in [4.69, 9.17) is 4.18 Å². The van der Waals surface area contributed by atoms with Crippen LogP contribution in [0.3, 0.4) is 0 Å². The monoisotopic (exact) mass is 406 g/mol. The molecule has 0 saturated carbocycles. The van der Waals surface area contributed by atoms with Gasteiger partial charge in [0.05, 0.1) is 23.9 Å². The summed E-state index contributed by atoms with van der Waals surface area (Å²) in [4.78, 5) is 13.4. The van der Waals surface area contributed by atoms with Crippen LogP contribution in [0.5, 0.6) is 6.01 Å². The van der Waals surface area contributed by atoms with Crippen LogP contribution in [-0.2, 0) is 6.54 Å². The Hall–Kier alpha value is -3.13. The molecule has 0 spiro atoms. The average molecular weight is 407 g/mol. The van der Waals surface area contributed by atoms with Crippen molar-refractivity contribution in [3.8, 4) is 17.3 Å². The maximum Gasteiger partial charge on any atom is 0.334 e. The van der Waals surface area contributed by atoms with Crippen molar-refractivity contribution < 1.29 is 4.18 Å². The molecule has 148 valence electrons. The molecule has 4 aromatic rings. The minimum absolute atomic E-state index is 0.302. The van der Waals surface area contributed by atoms with Crippen molar-refractivity contribution in [2.24, 2.45) is 0 Å². The topological polar surface area (TPSA) is 77.2 Å². The lowest BCUT2D eigenvalue weighted by molar-refractivity contribution is 0.583. The normalized spacial score (nSPS) is 11.2. The van der Waals surface area contributed by atoms with Gasteiger partial charge in [-0.25, -0.2) is 0 Å². The largest absolute Gasteiger partial charge is 0.389 e. The van der Waals surface area contributed by atoms with Gasteiger partial charge in [0, 0.05) is 30.1 Å². The Kier molecular flexibility index (Phi) is 5.62. The zero-order chi connectivity index (χ0) is 20.2. The minimum atomic E-state index is 0.302. The van der Waals surface area contributed by atoms with Crippen LogP contribution in [0.2, 0.25) is 0 Å². The molecule has 0 radical (unpaired) electrons. The maximum atomic E-state index is 5.48. The molecule has 3 aromatic heterocycles. The van der Waals surface area contributed by atoms with Gasteiger partial charge in [0.2, 0.25) is 5.95 Å². The highest BCUT2D eigenvalue weighted by Crippen LogP contribution is 2.24. The Morgan fingerprint density at radius 2 is 1.93 bits per heavy atom. The van der Waals surface area contributed by atoms with E-state index in [9.17, 15) is 0 Å². The summed E-state index contributed by atoms with van der Waals surface area (Å²) in [5.41, 5.74) is 4.98. The molecule has 0 bridgehead atoms. The number of nitrogens with one attached hydrogen (secondary N) is 1. The van der Waals surface area contributed by atoms with Crippen LogP contribution >= 0.6 is 12.0 Å². The number of hydrogen-bond acceptors (Lipinski definition) is 7. The van der Waals surface area contributed by atoms with E-state index >= 15 is 0 Å². The van der Waals surface area contributed by atoms with Gasteiger partial charge >= 0.3 is 6.01 Å². The van der Waals surface area contributed by atoms with Gasteiger partial charge in [0.1, 0.15) is 0 Å². The molecule has 3 heterocycles. The third-order valence-electron chi connectivity index (χ3n) is 4.52. The molecular weight excluding hydrogens is 384 g/mol. The van der Waals surface area contributed by atoms with Crippen LogP contribution in [0.1, 0.15) is 30.9 Å².